The number of aromatic nitrogens is 1. The Balaban J connectivity index is 2.50. The maximum Gasteiger partial charge on any atom is 0.344 e. The fraction of sp³-hybridized carbons (Fsp3) is 0.333. The number of hydrogen-bond donors (Lipinski definition) is 1. The highest BCUT2D eigenvalue weighted by Gasteiger charge is 2.30. The predicted octanol–water partition coefficient (Wildman–Crippen LogP) is 3.48. The molecule has 0 radical (unpaired) electrons. The van der Waals surface area contributed by atoms with Crippen LogP contribution in [0.1, 0.15) is 30.2 Å². The van der Waals surface area contributed by atoms with Crippen molar-refractivity contribution in [2.45, 2.75) is 19.9 Å². The number of ether oxygens (including phenoxy) is 2. The molecule has 2 heterocycles. The second-order valence-corrected chi connectivity index (χ2v) is 5.56. The molecule has 5 nitrogen and oxygen atoms in total. The zero-order valence-electron chi connectivity index (χ0n) is 12.4. The molecule has 0 saturated carbocycles. The number of rotatable bonds is 2. The smallest absolute Gasteiger partial charge is 0.344 e. The van der Waals surface area contributed by atoms with Crippen molar-refractivity contribution in [1.82, 2.24) is 4.57 Å². The van der Waals surface area contributed by atoms with E-state index in [9.17, 15) is 18.7 Å². The molecule has 1 aliphatic rings. The van der Waals surface area contributed by atoms with E-state index in [1.165, 1.54) is 4.57 Å². The number of pyridine rings is 1. The van der Waals surface area contributed by atoms with Crippen molar-refractivity contribution in [3.63, 3.8) is 0 Å². The van der Waals surface area contributed by atoms with Crippen molar-refractivity contribution in [2.75, 3.05) is 13.2 Å². The molecule has 23 heavy (non-hydrogen) atoms. The first kappa shape index (κ1) is 15.7. The SMILES string of the molecule is CCOC(=O)c1c(O)c2cc(F)c(F)c3c2n(c1=S)C(C)CO3. The molecule has 2 aromatic rings. The van der Waals surface area contributed by atoms with Gasteiger partial charge < -0.3 is 19.1 Å². The van der Waals surface area contributed by atoms with Gasteiger partial charge in [0.1, 0.15) is 22.6 Å². The Morgan fingerprint density at radius 1 is 1.57 bits per heavy atom. The summed E-state index contributed by atoms with van der Waals surface area (Å²) in [5.41, 5.74) is -0.113. The Kier molecular flexibility index (Phi) is 3.71. The summed E-state index contributed by atoms with van der Waals surface area (Å²) in [6, 6.07) is 0.495. The quantitative estimate of drug-likeness (QED) is 0.669. The minimum atomic E-state index is -1.18. The zero-order valence-corrected chi connectivity index (χ0v) is 13.2. The summed E-state index contributed by atoms with van der Waals surface area (Å²) in [5.74, 6) is -4.02. The molecule has 122 valence electrons. The number of esters is 1. The lowest BCUT2D eigenvalue weighted by molar-refractivity contribution is 0.0521. The van der Waals surface area contributed by atoms with Crippen LogP contribution in [0.3, 0.4) is 0 Å². The molecule has 1 aliphatic heterocycles. The molecule has 0 bridgehead atoms. The van der Waals surface area contributed by atoms with Gasteiger partial charge in [-0.05, 0) is 19.9 Å². The van der Waals surface area contributed by atoms with E-state index >= 15 is 0 Å². The Morgan fingerprint density at radius 2 is 2.26 bits per heavy atom. The lowest BCUT2D eigenvalue weighted by atomic mass is 10.1. The summed E-state index contributed by atoms with van der Waals surface area (Å²) in [6.45, 7) is 3.52. The summed E-state index contributed by atoms with van der Waals surface area (Å²) >= 11 is 5.27. The maximum absolute atomic E-state index is 14.0. The number of carbonyl (C=O) groups is 1. The molecule has 0 aliphatic carbocycles. The van der Waals surface area contributed by atoms with Gasteiger partial charge in [0.15, 0.2) is 11.6 Å². The van der Waals surface area contributed by atoms with E-state index in [2.05, 4.69) is 0 Å². The third-order valence-electron chi connectivity index (χ3n) is 3.70. The first-order valence-electron chi connectivity index (χ1n) is 6.97. The molecule has 3 rings (SSSR count). The highest BCUT2D eigenvalue weighted by molar-refractivity contribution is 7.71. The van der Waals surface area contributed by atoms with Gasteiger partial charge in [0.25, 0.3) is 0 Å². The van der Waals surface area contributed by atoms with Crippen LogP contribution >= 0.6 is 12.2 Å². The van der Waals surface area contributed by atoms with Crippen molar-refractivity contribution in [3.8, 4) is 11.5 Å². The Labute approximate surface area is 135 Å². The molecule has 1 aromatic carbocycles. The number of nitrogens with zero attached hydrogens (tertiary/aromatic N) is 1. The van der Waals surface area contributed by atoms with Gasteiger partial charge in [-0.25, -0.2) is 9.18 Å². The number of benzene rings is 1. The second kappa shape index (κ2) is 5.45. The second-order valence-electron chi connectivity index (χ2n) is 5.18. The molecule has 1 aromatic heterocycles. The van der Waals surface area contributed by atoms with E-state index in [4.69, 9.17) is 21.7 Å². The first-order valence-corrected chi connectivity index (χ1v) is 7.38. The number of carbonyl (C=O) groups excluding carboxylic acids is 1. The molecule has 0 saturated heterocycles. The van der Waals surface area contributed by atoms with Gasteiger partial charge in [0, 0.05) is 5.39 Å². The molecule has 0 spiro atoms. The molecule has 0 amide bonds. The van der Waals surface area contributed by atoms with E-state index in [1.54, 1.807) is 13.8 Å². The van der Waals surface area contributed by atoms with Crippen LogP contribution in [0.4, 0.5) is 8.78 Å². The van der Waals surface area contributed by atoms with E-state index in [1.807, 2.05) is 0 Å². The first-order chi connectivity index (χ1) is 10.9. The van der Waals surface area contributed by atoms with E-state index in [0.717, 1.165) is 6.07 Å². The number of aromatic hydroxyl groups is 1. The topological polar surface area (TPSA) is 60.7 Å². The van der Waals surface area contributed by atoms with Crippen LogP contribution in [0.5, 0.6) is 11.5 Å². The van der Waals surface area contributed by atoms with E-state index in [-0.39, 0.29) is 46.1 Å². The van der Waals surface area contributed by atoms with Crippen LogP contribution < -0.4 is 4.74 Å². The minimum Gasteiger partial charge on any atom is -0.506 e. The van der Waals surface area contributed by atoms with Crippen molar-refractivity contribution in [3.05, 3.63) is 27.9 Å². The standard InChI is InChI=1S/C15H13F2NO4S/c1-3-21-15(20)9-12(19)7-4-8(16)10(17)13-11(7)18(14(9)23)6(2)5-22-13/h4,6,19H,3,5H2,1-2H3. The van der Waals surface area contributed by atoms with Crippen LogP contribution in [-0.4, -0.2) is 28.9 Å². The number of halogens is 2. The van der Waals surface area contributed by atoms with Crippen LogP contribution in [0.2, 0.25) is 0 Å². The van der Waals surface area contributed by atoms with Crippen molar-refractivity contribution < 1.29 is 28.2 Å². The van der Waals surface area contributed by atoms with Gasteiger partial charge in [-0.15, -0.1) is 0 Å². The fourth-order valence-corrected chi connectivity index (χ4v) is 3.14. The average molecular weight is 341 g/mol. The number of hydrogen-bond acceptors (Lipinski definition) is 5. The summed E-state index contributed by atoms with van der Waals surface area (Å²) in [6.07, 6.45) is 0. The van der Waals surface area contributed by atoms with Gasteiger partial charge >= 0.3 is 5.97 Å². The average Bonchev–Trinajstić information content (AvgIpc) is 2.49. The van der Waals surface area contributed by atoms with Crippen LogP contribution in [0.15, 0.2) is 6.07 Å². The third-order valence-corrected chi connectivity index (χ3v) is 4.11. The summed E-state index contributed by atoms with van der Waals surface area (Å²) in [4.78, 5) is 12.1. The molecule has 1 unspecified atom stereocenters. The molecule has 1 N–H and O–H groups in total. The van der Waals surface area contributed by atoms with Crippen molar-refractivity contribution in [2.24, 2.45) is 0 Å². The summed E-state index contributed by atoms with van der Waals surface area (Å²) in [5, 5.41) is 10.3. The fourth-order valence-electron chi connectivity index (χ4n) is 2.69. The van der Waals surface area contributed by atoms with Crippen LogP contribution in [-0.2, 0) is 4.74 Å². The van der Waals surface area contributed by atoms with Gasteiger partial charge in [0.2, 0.25) is 5.82 Å². The molecule has 1 atom stereocenters. The maximum atomic E-state index is 14.0. The summed E-state index contributed by atoms with van der Waals surface area (Å²) < 4.78 is 39.4. The summed E-state index contributed by atoms with van der Waals surface area (Å²) in [7, 11) is 0. The Bertz CT molecular complexity index is 894. The Morgan fingerprint density at radius 3 is 2.91 bits per heavy atom. The molecule has 0 fully saturated rings. The van der Waals surface area contributed by atoms with E-state index < -0.39 is 23.4 Å². The molecular formula is C15H13F2NO4S. The third kappa shape index (κ3) is 2.16. The predicted molar refractivity (Wildman–Crippen MR) is 80.5 cm³/mol. The molecule has 8 heteroatoms. The van der Waals surface area contributed by atoms with Crippen LogP contribution in [0, 0.1) is 16.3 Å². The highest BCUT2D eigenvalue weighted by atomic mass is 32.1. The zero-order chi connectivity index (χ0) is 16.9. The van der Waals surface area contributed by atoms with Gasteiger partial charge in [-0.3, -0.25) is 0 Å². The van der Waals surface area contributed by atoms with Crippen LogP contribution in [0.25, 0.3) is 10.9 Å². The molecular weight excluding hydrogens is 328 g/mol. The van der Waals surface area contributed by atoms with Crippen molar-refractivity contribution in [1.29, 1.82) is 0 Å². The minimum absolute atomic E-state index is 0.00323. The highest BCUT2D eigenvalue weighted by Crippen LogP contribution is 2.42. The lowest BCUT2D eigenvalue weighted by Gasteiger charge is -2.28. The monoisotopic (exact) mass is 341 g/mol. The van der Waals surface area contributed by atoms with Gasteiger partial charge in [-0.1, -0.05) is 12.2 Å². The lowest BCUT2D eigenvalue weighted by Crippen LogP contribution is -2.24. The van der Waals surface area contributed by atoms with Crippen molar-refractivity contribution >= 4 is 29.1 Å². The van der Waals surface area contributed by atoms with Gasteiger partial charge in [0.05, 0.1) is 18.2 Å². The van der Waals surface area contributed by atoms with E-state index in [0.29, 0.717) is 0 Å². The normalized spacial score (nSPS) is 16.3. The van der Waals surface area contributed by atoms with Gasteiger partial charge in [-0.2, -0.15) is 4.39 Å². The largest absolute Gasteiger partial charge is 0.506 e. The Hall–Kier alpha value is -2.22.